The Balaban J connectivity index is 2.19. The number of Topliss-reactive ketones (excluding diaryl/α,β-unsaturated/α-hetero) is 1. The Bertz CT molecular complexity index is 760. The molecule has 0 aromatic heterocycles. The molecule has 7 heteroatoms. The molecule has 2 aromatic rings. The zero-order valence-electron chi connectivity index (χ0n) is 12.1. The predicted octanol–water partition coefficient (Wildman–Crippen LogP) is 3.68. The van der Waals surface area contributed by atoms with E-state index in [1.54, 1.807) is 30.3 Å². The van der Waals surface area contributed by atoms with E-state index in [1.807, 2.05) is 0 Å². The van der Waals surface area contributed by atoms with E-state index in [4.69, 9.17) is 16.3 Å². The van der Waals surface area contributed by atoms with Crippen LogP contribution >= 0.6 is 11.6 Å². The Hall–Kier alpha value is -2.73. The van der Waals surface area contributed by atoms with Crippen LogP contribution in [0.1, 0.15) is 27.6 Å². The summed E-state index contributed by atoms with van der Waals surface area (Å²) in [6.07, 6.45) is -1.07. The van der Waals surface area contributed by atoms with Gasteiger partial charge in [0.1, 0.15) is 5.56 Å². The van der Waals surface area contributed by atoms with Gasteiger partial charge in [-0.1, -0.05) is 41.9 Å². The van der Waals surface area contributed by atoms with E-state index in [-0.39, 0.29) is 10.6 Å². The molecule has 2 aromatic carbocycles. The molecule has 0 radical (unpaired) electrons. The van der Waals surface area contributed by atoms with Crippen LogP contribution in [0, 0.1) is 10.1 Å². The molecule has 0 N–H and O–H groups in total. The van der Waals surface area contributed by atoms with Crippen molar-refractivity contribution in [3.8, 4) is 0 Å². The van der Waals surface area contributed by atoms with Gasteiger partial charge in [-0.05, 0) is 19.1 Å². The highest BCUT2D eigenvalue weighted by Crippen LogP contribution is 2.24. The van der Waals surface area contributed by atoms with Crippen LogP contribution in [-0.4, -0.2) is 22.8 Å². The topological polar surface area (TPSA) is 86.5 Å². The lowest BCUT2D eigenvalue weighted by Crippen LogP contribution is -2.24. The molecule has 118 valence electrons. The molecule has 0 aliphatic heterocycles. The fourth-order valence-corrected chi connectivity index (χ4v) is 2.11. The van der Waals surface area contributed by atoms with Crippen molar-refractivity contribution >= 4 is 29.0 Å². The summed E-state index contributed by atoms with van der Waals surface area (Å²) in [6.45, 7) is 1.41. The summed E-state index contributed by atoms with van der Waals surface area (Å²) >= 11 is 5.69. The predicted molar refractivity (Wildman–Crippen MR) is 83.8 cm³/mol. The number of halogens is 1. The van der Waals surface area contributed by atoms with Crippen molar-refractivity contribution in [1.82, 2.24) is 0 Å². The second-order valence-electron chi connectivity index (χ2n) is 4.70. The maximum absolute atomic E-state index is 12.2. The number of carbonyl (C=O) groups excluding carboxylic acids is 2. The number of rotatable bonds is 5. The first kappa shape index (κ1) is 16.6. The summed E-state index contributed by atoms with van der Waals surface area (Å²) in [6, 6.07) is 11.9. The van der Waals surface area contributed by atoms with Crippen LogP contribution in [0.4, 0.5) is 5.69 Å². The van der Waals surface area contributed by atoms with Crippen LogP contribution in [0.25, 0.3) is 0 Å². The van der Waals surface area contributed by atoms with Gasteiger partial charge >= 0.3 is 5.97 Å². The van der Waals surface area contributed by atoms with E-state index < -0.39 is 28.5 Å². The van der Waals surface area contributed by atoms with Gasteiger partial charge in [0.2, 0.25) is 5.78 Å². The summed E-state index contributed by atoms with van der Waals surface area (Å²) in [5, 5.41) is 11.1. The number of nitrogens with zero attached hydrogens (tertiary/aromatic N) is 1. The second kappa shape index (κ2) is 7.02. The van der Waals surface area contributed by atoms with Crippen LogP contribution in [0.5, 0.6) is 0 Å². The molecule has 0 heterocycles. The lowest BCUT2D eigenvalue weighted by molar-refractivity contribution is -0.385. The Morgan fingerprint density at radius 2 is 1.83 bits per heavy atom. The smallest absolute Gasteiger partial charge is 0.345 e. The van der Waals surface area contributed by atoms with E-state index in [0.717, 1.165) is 6.07 Å². The van der Waals surface area contributed by atoms with Crippen molar-refractivity contribution in [2.24, 2.45) is 0 Å². The Labute approximate surface area is 136 Å². The van der Waals surface area contributed by atoms with Crippen LogP contribution in [0.15, 0.2) is 48.5 Å². The molecular formula is C16H12ClNO5. The van der Waals surface area contributed by atoms with Gasteiger partial charge in [-0.15, -0.1) is 0 Å². The minimum absolute atomic E-state index is 0.127. The highest BCUT2D eigenvalue weighted by Gasteiger charge is 2.26. The van der Waals surface area contributed by atoms with E-state index in [0.29, 0.717) is 5.56 Å². The summed E-state index contributed by atoms with van der Waals surface area (Å²) in [4.78, 5) is 34.5. The number of esters is 1. The lowest BCUT2D eigenvalue weighted by Gasteiger charge is -2.12. The number of hydrogen-bond donors (Lipinski definition) is 0. The van der Waals surface area contributed by atoms with Crippen LogP contribution in [0.3, 0.4) is 0 Å². The molecule has 0 bridgehead atoms. The zero-order valence-corrected chi connectivity index (χ0v) is 12.8. The number of benzene rings is 2. The Morgan fingerprint density at radius 1 is 1.17 bits per heavy atom. The van der Waals surface area contributed by atoms with Crippen molar-refractivity contribution in [3.63, 3.8) is 0 Å². The quantitative estimate of drug-likeness (QED) is 0.360. The highest BCUT2D eigenvalue weighted by atomic mass is 35.5. The molecule has 6 nitrogen and oxygen atoms in total. The normalized spacial score (nSPS) is 11.6. The number of nitro benzene ring substituents is 1. The summed E-state index contributed by atoms with van der Waals surface area (Å²) in [5.74, 6) is -1.35. The van der Waals surface area contributed by atoms with Gasteiger partial charge in [0.15, 0.2) is 6.10 Å². The maximum Gasteiger partial charge on any atom is 0.345 e. The monoisotopic (exact) mass is 333 g/mol. The molecule has 0 amide bonds. The zero-order chi connectivity index (χ0) is 17.0. The van der Waals surface area contributed by atoms with Crippen molar-refractivity contribution in [1.29, 1.82) is 0 Å². The molecule has 1 atom stereocenters. The summed E-state index contributed by atoms with van der Waals surface area (Å²) in [7, 11) is 0. The highest BCUT2D eigenvalue weighted by molar-refractivity contribution is 6.31. The minimum atomic E-state index is -1.07. The molecule has 0 spiro atoms. The van der Waals surface area contributed by atoms with E-state index in [1.165, 1.54) is 19.1 Å². The van der Waals surface area contributed by atoms with Crippen molar-refractivity contribution in [2.45, 2.75) is 13.0 Å². The first-order valence-electron chi connectivity index (χ1n) is 6.64. The van der Waals surface area contributed by atoms with Crippen LogP contribution < -0.4 is 0 Å². The molecule has 23 heavy (non-hydrogen) atoms. The Kier molecular flexibility index (Phi) is 5.08. The number of carbonyl (C=O) groups is 2. The van der Waals surface area contributed by atoms with Gasteiger partial charge in [-0.25, -0.2) is 4.79 Å². The SMILES string of the molecule is CC(OC(=O)c1ccc(Cl)cc1[N+](=O)[O-])C(=O)c1ccccc1. The first-order valence-corrected chi connectivity index (χ1v) is 7.02. The minimum Gasteiger partial charge on any atom is -0.450 e. The van der Waals surface area contributed by atoms with Gasteiger partial charge in [0, 0.05) is 16.7 Å². The van der Waals surface area contributed by atoms with Crippen LogP contribution in [0.2, 0.25) is 5.02 Å². The van der Waals surface area contributed by atoms with Crippen LogP contribution in [-0.2, 0) is 4.74 Å². The Morgan fingerprint density at radius 3 is 2.43 bits per heavy atom. The number of ketones is 1. The molecule has 2 rings (SSSR count). The first-order chi connectivity index (χ1) is 10.9. The third kappa shape index (κ3) is 3.92. The van der Waals surface area contributed by atoms with Gasteiger partial charge in [-0.2, -0.15) is 0 Å². The van der Waals surface area contributed by atoms with E-state index >= 15 is 0 Å². The molecule has 0 saturated heterocycles. The molecule has 0 aliphatic carbocycles. The molecular weight excluding hydrogens is 322 g/mol. The third-order valence-electron chi connectivity index (χ3n) is 3.09. The third-order valence-corrected chi connectivity index (χ3v) is 3.32. The number of hydrogen-bond acceptors (Lipinski definition) is 5. The van der Waals surface area contributed by atoms with Gasteiger partial charge in [0.25, 0.3) is 5.69 Å². The average Bonchev–Trinajstić information content (AvgIpc) is 2.54. The van der Waals surface area contributed by atoms with Gasteiger partial charge in [-0.3, -0.25) is 14.9 Å². The van der Waals surface area contributed by atoms with Gasteiger partial charge in [0.05, 0.1) is 4.92 Å². The summed E-state index contributed by atoms with van der Waals surface area (Å²) in [5.41, 5.74) is -0.340. The average molecular weight is 334 g/mol. The molecule has 0 saturated carbocycles. The second-order valence-corrected chi connectivity index (χ2v) is 5.13. The maximum atomic E-state index is 12.2. The van der Waals surface area contributed by atoms with Crippen molar-refractivity contribution < 1.29 is 19.2 Å². The molecule has 0 fully saturated rings. The molecule has 0 aliphatic rings. The number of ether oxygens (including phenoxy) is 1. The molecule has 1 unspecified atom stereocenters. The van der Waals surface area contributed by atoms with Gasteiger partial charge < -0.3 is 4.74 Å². The van der Waals surface area contributed by atoms with E-state index in [2.05, 4.69) is 0 Å². The van der Waals surface area contributed by atoms with Crippen molar-refractivity contribution in [2.75, 3.05) is 0 Å². The number of nitro groups is 1. The lowest BCUT2D eigenvalue weighted by atomic mass is 10.1. The van der Waals surface area contributed by atoms with Crippen molar-refractivity contribution in [3.05, 3.63) is 74.8 Å². The standard InChI is InChI=1S/C16H12ClNO5/c1-10(15(19)11-5-3-2-4-6-11)23-16(20)13-8-7-12(17)9-14(13)18(21)22/h2-10H,1H3. The fourth-order valence-electron chi connectivity index (χ4n) is 1.94. The fraction of sp³-hybridized carbons (Fsp3) is 0.125. The van der Waals surface area contributed by atoms with E-state index in [9.17, 15) is 19.7 Å². The largest absolute Gasteiger partial charge is 0.450 e. The summed E-state index contributed by atoms with van der Waals surface area (Å²) < 4.78 is 5.05.